The second-order valence-electron chi connectivity index (χ2n) is 4.05. The molecule has 3 heteroatoms. The van der Waals surface area contributed by atoms with Crippen LogP contribution in [0.15, 0.2) is 36.4 Å². The second-order valence-corrected chi connectivity index (χ2v) is 4.48. The molecule has 0 spiro atoms. The number of nitrogens with one attached hydrogen (secondary N) is 1. The minimum Gasteiger partial charge on any atom is -0.372 e. The SMILES string of the molecule is C=C(CNCCC)COCc1ccc(Cl)cc1. The van der Waals surface area contributed by atoms with Gasteiger partial charge in [-0.3, -0.25) is 0 Å². The number of ether oxygens (including phenoxy) is 1. The molecule has 94 valence electrons. The van der Waals surface area contributed by atoms with Gasteiger partial charge in [0.15, 0.2) is 0 Å². The summed E-state index contributed by atoms with van der Waals surface area (Å²) in [6, 6.07) is 7.69. The summed E-state index contributed by atoms with van der Waals surface area (Å²) in [4.78, 5) is 0. The molecule has 0 saturated carbocycles. The summed E-state index contributed by atoms with van der Waals surface area (Å²) in [6.45, 7) is 9.16. The van der Waals surface area contributed by atoms with E-state index in [2.05, 4.69) is 18.8 Å². The van der Waals surface area contributed by atoms with E-state index in [1.165, 1.54) is 0 Å². The fraction of sp³-hybridized carbons (Fsp3) is 0.429. The fourth-order valence-corrected chi connectivity index (χ4v) is 1.51. The highest BCUT2D eigenvalue weighted by Crippen LogP contribution is 2.10. The zero-order valence-electron chi connectivity index (χ0n) is 10.3. The molecule has 0 aliphatic rings. The molecule has 0 aliphatic carbocycles. The van der Waals surface area contributed by atoms with Crippen molar-refractivity contribution in [2.24, 2.45) is 0 Å². The zero-order valence-corrected chi connectivity index (χ0v) is 11.1. The summed E-state index contributed by atoms with van der Waals surface area (Å²) in [5.74, 6) is 0. The Morgan fingerprint density at radius 2 is 2.06 bits per heavy atom. The fourth-order valence-electron chi connectivity index (χ4n) is 1.39. The standard InChI is InChI=1S/C14H20ClNO/c1-3-8-16-9-12(2)10-17-11-13-4-6-14(15)7-5-13/h4-7,16H,2-3,8-11H2,1H3. The van der Waals surface area contributed by atoms with E-state index in [1.54, 1.807) is 0 Å². The van der Waals surface area contributed by atoms with E-state index in [1.807, 2.05) is 24.3 Å². The Bertz CT molecular complexity index is 335. The molecule has 0 heterocycles. The van der Waals surface area contributed by atoms with Crippen LogP contribution in [0.1, 0.15) is 18.9 Å². The van der Waals surface area contributed by atoms with E-state index < -0.39 is 0 Å². The first-order chi connectivity index (χ1) is 8.22. The third kappa shape index (κ3) is 6.47. The van der Waals surface area contributed by atoms with Gasteiger partial charge in [0.05, 0.1) is 13.2 Å². The summed E-state index contributed by atoms with van der Waals surface area (Å²) < 4.78 is 5.57. The van der Waals surface area contributed by atoms with E-state index in [0.717, 1.165) is 35.7 Å². The molecule has 0 saturated heterocycles. The number of benzene rings is 1. The van der Waals surface area contributed by atoms with Crippen molar-refractivity contribution < 1.29 is 4.74 Å². The van der Waals surface area contributed by atoms with Crippen LogP contribution in [0.3, 0.4) is 0 Å². The highest BCUT2D eigenvalue weighted by atomic mass is 35.5. The van der Waals surface area contributed by atoms with Gasteiger partial charge in [-0.1, -0.05) is 37.2 Å². The molecule has 1 N–H and O–H groups in total. The molecule has 2 nitrogen and oxygen atoms in total. The van der Waals surface area contributed by atoms with Crippen molar-refractivity contribution >= 4 is 11.6 Å². The molecule has 0 unspecified atom stereocenters. The van der Waals surface area contributed by atoms with Crippen molar-refractivity contribution in [3.05, 3.63) is 47.0 Å². The van der Waals surface area contributed by atoms with E-state index in [0.29, 0.717) is 13.2 Å². The molecule has 0 aliphatic heterocycles. The van der Waals surface area contributed by atoms with Crippen molar-refractivity contribution in [1.29, 1.82) is 0 Å². The molecular weight excluding hydrogens is 234 g/mol. The normalized spacial score (nSPS) is 10.5. The number of halogens is 1. The van der Waals surface area contributed by atoms with E-state index in [-0.39, 0.29) is 0 Å². The van der Waals surface area contributed by atoms with Crippen molar-refractivity contribution in [2.45, 2.75) is 20.0 Å². The van der Waals surface area contributed by atoms with Gasteiger partial charge >= 0.3 is 0 Å². The van der Waals surface area contributed by atoms with Crippen molar-refractivity contribution in [3.8, 4) is 0 Å². The van der Waals surface area contributed by atoms with Crippen molar-refractivity contribution in [3.63, 3.8) is 0 Å². The number of hydrogen-bond donors (Lipinski definition) is 1. The molecule has 0 aromatic heterocycles. The largest absolute Gasteiger partial charge is 0.372 e. The van der Waals surface area contributed by atoms with Gasteiger partial charge in [0, 0.05) is 11.6 Å². The Kier molecular flexibility index (Phi) is 6.94. The number of hydrogen-bond acceptors (Lipinski definition) is 2. The van der Waals surface area contributed by atoms with Gasteiger partial charge in [-0.15, -0.1) is 0 Å². The molecule has 17 heavy (non-hydrogen) atoms. The lowest BCUT2D eigenvalue weighted by atomic mass is 10.2. The Hall–Kier alpha value is -0.830. The lowest BCUT2D eigenvalue weighted by Gasteiger charge is -2.08. The van der Waals surface area contributed by atoms with Gasteiger partial charge in [-0.05, 0) is 36.2 Å². The van der Waals surface area contributed by atoms with Crippen LogP contribution in [0.25, 0.3) is 0 Å². The summed E-state index contributed by atoms with van der Waals surface area (Å²) >= 11 is 5.80. The van der Waals surface area contributed by atoms with E-state index in [9.17, 15) is 0 Å². The Labute approximate surface area is 109 Å². The molecule has 1 aromatic rings. The van der Waals surface area contributed by atoms with Gasteiger partial charge in [0.1, 0.15) is 0 Å². The van der Waals surface area contributed by atoms with Gasteiger partial charge < -0.3 is 10.1 Å². The molecular formula is C14H20ClNO. The quantitative estimate of drug-likeness (QED) is 0.566. The van der Waals surface area contributed by atoms with Crippen LogP contribution in [-0.4, -0.2) is 19.7 Å². The molecule has 1 rings (SSSR count). The minimum absolute atomic E-state index is 0.597. The summed E-state index contributed by atoms with van der Waals surface area (Å²) in [5, 5.41) is 4.05. The van der Waals surface area contributed by atoms with Crippen LogP contribution < -0.4 is 5.32 Å². The predicted octanol–water partition coefficient (Wildman–Crippen LogP) is 3.41. The zero-order chi connectivity index (χ0) is 12.5. The van der Waals surface area contributed by atoms with Gasteiger partial charge in [0.25, 0.3) is 0 Å². The summed E-state index contributed by atoms with van der Waals surface area (Å²) in [6.07, 6.45) is 1.14. The third-order valence-electron chi connectivity index (χ3n) is 2.29. The smallest absolute Gasteiger partial charge is 0.0721 e. The molecule has 0 atom stereocenters. The van der Waals surface area contributed by atoms with Crippen LogP contribution in [0, 0.1) is 0 Å². The van der Waals surface area contributed by atoms with Crippen LogP contribution in [-0.2, 0) is 11.3 Å². The van der Waals surface area contributed by atoms with Gasteiger partial charge in [0.2, 0.25) is 0 Å². The average Bonchev–Trinajstić information content (AvgIpc) is 2.32. The van der Waals surface area contributed by atoms with Crippen molar-refractivity contribution in [2.75, 3.05) is 19.7 Å². The first-order valence-electron chi connectivity index (χ1n) is 5.92. The topological polar surface area (TPSA) is 21.3 Å². The Morgan fingerprint density at radius 3 is 2.71 bits per heavy atom. The van der Waals surface area contributed by atoms with Crippen LogP contribution in [0.5, 0.6) is 0 Å². The maximum Gasteiger partial charge on any atom is 0.0721 e. The van der Waals surface area contributed by atoms with Crippen LogP contribution >= 0.6 is 11.6 Å². The van der Waals surface area contributed by atoms with Crippen molar-refractivity contribution in [1.82, 2.24) is 5.32 Å². The second kappa shape index (κ2) is 8.29. The van der Waals surface area contributed by atoms with Crippen LogP contribution in [0.4, 0.5) is 0 Å². The molecule has 1 aromatic carbocycles. The lowest BCUT2D eigenvalue weighted by molar-refractivity contribution is 0.141. The van der Waals surface area contributed by atoms with E-state index >= 15 is 0 Å². The summed E-state index contributed by atoms with van der Waals surface area (Å²) in [5.41, 5.74) is 2.20. The van der Waals surface area contributed by atoms with Crippen LogP contribution in [0.2, 0.25) is 5.02 Å². The first-order valence-corrected chi connectivity index (χ1v) is 6.29. The lowest BCUT2D eigenvalue weighted by Crippen LogP contribution is -2.19. The van der Waals surface area contributed by atoms with E-state index in [4.69, 9.17) is 16.3 Å². The minimum atomic E-state index is 0.597. The Morgan fingerprint density at radius 1 is 1.35 bits per heavy atom. The average molecular weight is 254 g/mol. The predicted molar refractivity (Wildman–Crippen MR) is 73.4 cm³/mol. The summed E-state index contributed by atoms with van der Waals surface area (Å²) in [7, 11) is 0. The maximum absolute atomic E-state index is 5.80. The van der Waals surface area contributed by atoms with Gasteiger partial charge in [-0.2, -0.15) is 0 Å². The first kappa shape index (κ1) is 14.2. The number of rotatable bonds is 8. The highest BCUT2D eigenvalue weighted by Gasteiger charge is 1.96. The molecule has 0 amide bonds. The Balaban J connectivity index is 2.14. The monoisotopic (exact) mass is 253 g/mol. The maximum atomic E-state index is 5.80. The molecule has 0 radical (unpaired) electrons. The highest BCUT2D eigenvalue weighted by molar-refractivity contribution is 6.30. The molecule has 0 fully saturated rings. The third-order valence-corrected chi connectivity index (χ3v) is 2.54. The van der Waals surface area contributed by atoms with Gasteiger partial charge in [-0.25, -0.2) is 0 Å². The molecule has 0 bridgehead atoms.